The number of aryl methyl sites for hydroxylation is 1. The highest BCUT2D eigenvalue weighted by Gasteiger charge is 2.31. The molecule has 0 aromatic carbocycles. The van der Waals surface area contributed by atoms with E-state index in [9.17, 15) is 4.79 Å². The highest BCUT2D eigenvalue weighted by molar-refractivity contribution is 5.94. The topological polar surface area (TPSA) is 111 Å². The predicted molar refractivity (Wildman–Crippen MR) is 58.5 cm³/mol. The third-order valence-electron chi connectivity index (χ3n) is 2.53. The second-order valence-electron chi connectivity index (χ2n) is 3.85. The van der Waals surface area contributed by atoms with E-state index in [0.29, 0.717) is 31.3 Å². The second kappa shape index (κ2) is 4.01. The summed E-state index contributed by atoms with van der Waals surface area (Å²) in [4.78, 5) is 25.1. The van der Waals surface area contributed by atoms with Crippen molar-refractivity contribution in [3.63, 3.8) is 0 Å². The van der Waals surface area contributed by atoms with Crippen molar-refractivity contribution < 1.29 is 4.79 Å². The van der Waals surface area contributed by atoms with Crippen LogP contribution in [0.1, 0.15) is 12.2 Å². The molecule has 16 heavy (non-hydrogen) atoms. The fourth-order valence-electron chi connectivity index (χ4n) is 1.74. The number of aromatic nitrogens is 3. The maximum atomic E-state index is 11.7. The van der Waals surface area contributed by atoms with Gasteiger partial charge in [0.25, 0.3) is 0 Å². The molecular weight excluding hydrogens is 208 g/mol. The first-order valence-corrected chi connectivity index (χ1v) is 5.08. The van der Waals surface area contributed by atoms with Crippen molar-refractivity contribution in [1.29, 1.82) is 0 Å². The number of rotatable bonds is 2. The number of hydrogen-bond donors (Lipinski definition) is 2. The van der Waals surface area contributed by atoms with Crippen molar-refractivity contribution in [3.8, 4) is 0 Å². The molecular formula is C9H14N6O. The van der Waals surface area contributed by atoms with E-state index >= 15 is 0 Å². The number of nitrogen functional groups attached to an aromatic ring is 1. The van der Waals surface area contributed by atoms with Crippen LogP contribution in [-0.4, -0.2) is 33.9 Å². The number of nitrogens with zero attached hydrogens (tertiary/aromatic N) is 4. The lowest BCUT2D eigenvalue weighted by atomic mass is 10.1. The molecule has 7 nitrogen and oxygen atoms in total. The zero-order valence-electron chi connectivity index (χ0n) is 9.05. The molecule has 1 unspecified atom stereocenters. The minimum atomic E-state index is -0.0135. The number of anilines is 2. The van der Waals surface area contributed by atoms with Crippen molar-refractivity contribution in [2.45, 2.75) is 13.3 Å². The van der Waals surface area contributed by atoms with Gasteiger partial charge in [0.2, 0.25) is 17.8 Å². The molecule has 0 spiro atoms. The number of carbonyl (C=O) groups is 1. The van der Waals surface area contributed by atoms with E-state index in [1.807, 2.05) is 0 Å². The van der Waals surface area contributed by atoms with Gasteiger partial charge in [-0.25, -0.2) is 0 Å². The molecule has 1 saturated heterocycles. The van der Waals surface area contributed by atoms with Crippen molar-refractivity contribution in [1.82, 2.24) is 15.0 Å². The molecule has 86 valence electrons. The molecule has 1 amide bonds. The predicted octanol–water partition coefficient (Wildman–Crippen LogP) is -0.926. The Morgan fingerprint density at radius 2 is 2.19 bits per heavy atom. The summed E-state index contributed by atoms with van der Waals surface area (Å²) in [6, 6.07) is 0. The average Bonchev–Trinajstić information content (AvgIpc) is 2.58. The third-order valence-corrected chi connectivity index (χ3v) is 2.53. The number of amides is 1. The molecule has 4 N–H and O–H groups in total. The number of carbonyl (C=O) groups excluding carboxylic acids is 1. The summed E-state index contributed by atoms with van der Waals surface area (Å²) in [5.41, 5.74) is 11.1. The Labute approximate surface area is 92.9 Å². The van der Waals surface area contributed by atoms with E-state index in [1.165, 1.54) is 4.90 Å². The highest BCUT2D eigenvalue weighted by Crippen LogP contribution is 2.21. The van der Waals surface area contributed by atoms with Gasteiger partial charge in [0.15, 0.2) is 0 Å². The maximum Gasteiger partial charge on any atom is 0.237 e. The van der Waals surface area contributed by atoms with E-state index in [2.05, 4.69) is 15.0 Å². The van der Waals surface area contributed by atoms with Gasteiger partial charge in [-0.2, -0.15) is 15.0 Å². The minimum absolute atomic E-state index is 0.0135. The Balaban J connectivity index is 2.27. The fraction of sp³-hybridized carbons (Fsp3) is 0.556. The van der Waals surface area contributed by atoms with Crippen molar-refractivity contribution >= 4 is 17.8 Å². The fourth-order valence-corrected chi connectivity index (χ4v) is 1.74. The molecule has 0 saturated carbocycles. The monoisotopic (exact) mass is 222 g/mol. The summed E-state index contributed by atoms with van der Waals surface area (Å²) in [6.45, 7) is 2.75. The van der Waals surface area contributed by atoms with E-state index in [4.69, 9.17) is 11.5 Å². The molecule has 0 radical (unpaired) electrons. The van der Waals surface area contributed by atoms with Crippen LogP contribution >= 0.6 is 0 Å². The summed E-state index contributed by atoms with van der Waals surface area (Å²) >= 11 is 0. The Morgan fingerprint density at radius 3 is 2.75 bits per heavy atom. The highest BCUT2D eigenvalue weighted by atomic mass is 16.2. The molecule has 1 aromatic rings. The van der Waals surface area contributed by atoms with Gasteiger partial charge in [0, 0.05) is 13.0 Å². The molecule has 1 atom stereocenters. The molecule has 1 aromatic heterocycles. The molecule has 1 aliphatic heterocycles. The summed E-state index contributed by atoms with van der Waals surface area (Å²) < 4.78 is 0. The lowest BCUT2D eigenvalue weighted by Gasteiger charge is -2.14. The molecule has 0 aliphatic carbocycles. The van der Waals surface area contributed by atoms with Gasteiger partial charge in [0.1, 0.15) is 5.82 Å². The zero-order valence-corrected chi connectivity index (χ0v) is 9.05. The van der Waals surface area contributed by atoms with E-state index in [0.717, 1.165) is 0 Å². The molecule has 7 heteroatoms. The summed E-state index contributed by atoms with van der Waals surface area (Å²) in [6.07, 6.45) is 0.446. The van der Waals surface area contributed by atoms with Crippen LogP contribution in [0.15, 0.2) is 0 Å². The first kappa shape index (κ1) is 10.7. The third kappa shape index (κ3) is 1.94. The van der Waals surface area contributed by atoms with Gasteiger partial charge < -0.3 is 11.5 Å². The lowest BCUT2D eigenvalue weighted by molar-refractivity contribution is -0.117. The van der Waals surface area contributed by atoms with Gasteiger partial charge in [-0.3, -0.25) is 9.69 Å². The van der Waals surface area contributed by atoms with Crippen LogP contribution in [0.4, 0.5) is 11.9 Å². The lowest BCUT2D eigenvalue weighted by Crippen LogP contribution is -2.28. The van der Waals surface area contributed by atoms with Crippen molar-refractivity contribution in [3.05, 3.63) is 5.82 Å². The quantitative estimate of drug-likeness (QED) is 0.669. The Morgan fingerprint density at radius 1 is 1.44 bits per heavy atom. The SMILES string of the molecule is Cc1nc(N)nc(N2CC(CN)CC2=O)n1. The van der Waals surface area contributed by atoms with Crippen LogP contribution in [0.25, 0.3) is 0 Å². The van der Waals surface area contributed by atoms with Crippen LogP contribution in [0.2, 0.25) is 0 Å². The van der Waals surface area contributed by atoms with Crippen molar-refractivity contribution in [2.24, 2.45) is 11.7 Å². The van der Waals surface area contributed by atoms with Crippen LogP contribution in [0.3, 0.4) is 0 Å². The van der Waals surface area contributed by atoms with E-state index in [-0.39, 0.29) is 17.8 Å². The Kier molecular flexibility index (Phi) is 2.69. The normalized spacial score (nSPS) is 20.5. The molecule has 1 aliphatic rings. The smallest absolute Gasteiger partial charge is 0.237 e. The summed E-state index contributed by atoms with van der Waals surface area (Å²) in [5.74, 6) is 1.12. The molecule has 1 fully saturated rings. The summed E-state index contributed by atoms with van der Waals surface area (Å²) in [5, 5.41) is 0. The van der Waals surface area contributed by atoms with E-state index < -0.39 is 0 Å². The Bertz CT molecular complexity index is 400. The number of nitrogens with two attached hydrogens (primary N) is 2. The van der Waals surface area contributed by atoms with Crippen LogP contribution < -0.4 is 16.4 Å². The first-order valence-electron chi connectivity index (χ1n) is 5.08. The van der Waals surface area contributed by atoms with Gasteiger partial charge in [-0.05, 0) is 19.4 Å². The van der Waals surface area contributed by atoms with Crippen LogP contribution in [0, 0.1) is 12.8 Å². The van der Waals surface area contributed by atoms with E-state index in [1.54, 1.807) is 6.92 Å². The van der Waals surface area contributed by atoms with Crippen LogP contribution in [0.5, 0.6) is 0 Å². The Hall–Kier alpha value is -1.76. The molecule has 2 rings (SSSR count). The first-order chi connectivity index (χ1) is 7.60. The second-order valence-corrected chi connectivity index (χ2v) is 3.85. The maximum absolute atomic E-state index is 11.7. The largest absolute Gasteiger partial charge is 0.368 e. The van der Waals surface area contributed by atoms with Crippen molar-refractivity contribution in [2.75, 3.05) is 23.7 Å². The average molecular weight is 222 g/mol. The molecule has 0 bridgehead atoms. The van der Waals surface area contributed by atoms with Gasteiger partial charge >= 0.3 is 0 Å². The summed E-state index contributed by atoms with van der Waals surface area (Å²) in [7, 11) is 0. The molecule has 2 heterocycles. The van der Waals surface area contributed by atoms with Gasteiger partial charge in [-0.15, -0.1) is 0 Å². The standard InChI is InChI=1S/C9H14N6O/c1-5-12-8(11)14-9(13-5)15-4-6(3-10)2-7(15)16/h6H,2-4,10H2,1H3,(H2,11,12,13,14). The van der Waals surface area contributed by atoms with Gasteiger partial charge in [0.05, 0.1) is 0 Å². The van der Waals surface area contributed by atoms with Gasteiger partial charge in [-0.1, -0.05) is 0 Å². The minimum Gasteiger partial charge on any atom is -0.368 e. The zero-order chi connectivity index (χ0) is 11.7. The van der Waals surface area contributed by atoms with Crippen LogP contribution in [-0.2, 0) is 4.79 Å². The number of hydrogen-bond acceptors (Lipinski definition) is 6.